The summed E-state index contributed by atoms with van der Waals surface area (Å²) in [7, 11) is 0. The van der Waals surface area contributed by atoms with Gasteiger partial charge in [-0.05, 0) is 60.8 Å². The van der Waals surface area contributed by atoms with Crippen molar-refractivity contribution in [3.8, 4) is 11.5 Å². The number of fused-ring (bicyclic) bond motifs is 3. The van der Waals surface area contributed by atoms with Crippen LogP contribution < -0.4 is 0 Å². The molecule has 2 aliphatic heterocycles. The summed E-state index contributed by atoms with van der Waals surface area (Å²) in [4.78, 5) is 0. The van der Waals surface area contributed by atoms with E-state index in [9.17, 15) is 10.2 Å². The van der Waals surface area contributed by atoms with Crippen LogP contribution in [-0.4, -0.2) is 15.8 Å². The number of aromatic hydroxyl groups is 2. The minimum atomic E-state index is -0.515. The molecule has 3 aliphatic rings. The van der Waals surface area contributed by atoms with Gasteiger partial charge in [0.1, 0.15) is 5.60 Å². The second-order valence-corrected chi connectivity index (χ2v) is 9.02. The third-order valence-electron chi connectivity index (χ3n) is 6.46. The van der Waals surface area contributed by atoms with Crippen molar-refractivity contribution in [2.45, 2.75) is 77.4 Å². The van der Waals surface area contributed by atoms with Crippen molar-refractivity contribution in [1.82, 2.24) is 0 Å². The van der Waals surface area contributed by atoms with Gasteiger partial charge < -0.3 is 14.9 Å². The van der Waals surface area contributed by atoms with Crippen LogP contribution in [0.4, 0.5) is 0 Å². The maximum Gasteiger partial charge on any atom is 0.161 e. The standard InChI is InChI=1S/C21H28O3/c1-12(2)13-9-15-14(18(23)17(13)22)10-21-8-6-7-19(3,4)16(21)11-20(15,5)24-21/h9,11-12,22-23H,6-8,10H2,1-5H3/t20-,21-/m0/s1. The molecule has 0 unspecified atom stereocenters. The van der Waals surface area contributed by atoms with Crippen LogP contribution in [-0.2, 0) is 16.8 Å². The Bertz CT molecular complexity index is 759. The molecule has 1 saturated carbocycles. The molecule has 3 heteroatoms. The van der Waals surface area contributed by atoms with E-state index in [1.807, 2.05) is 19.9 Å². The average molecular weight is 328 g/mol. The lowest BCUT2D eigenvalue weighted by Gasteiger charge is -2.48. The van der Waals surface area contributed by atoms with Gasteiger partial charge in [0.15, 0.2) is 11.5 Å². The van der Waals surface area contributed by atoms with Crippen molar-refractivity contribution in [2.24, 2.45) is 5.41 Å². The highest BCUT2D eigenvalue weighted by Gasteiger charge is 2.58. The summed E-state index contributed by atoms with van der Waals surface area (Å²) in [6, 6.07) is 2.04. The summed E-state index contributed by atoms with van der Waals surface area (Å²) < 4.78 is 6.68. The Kier molecular flexibility index (Phi) is 3.05. The molecule has 24 heavy (non-hydrogen) atoms. The first-order chi connectivity index (χ1) is 11.1. The van der Waals surface area contributed by atoms with E-state index in [0.29, 0.717) is 6.42 Å². The Hall–Kier alpha value is -1.48. The Balaban J connectivity index is 1.96. The van der Waals surface area contributed by atoms with Gasteiger partial charge in [-0.1, -0.05) is 27.7 Å². The first kappa shape index (κ1) is 16.0. The van der Waals surface area contributed by atoms with Crippen LogP contribution in [0.15, 0.2) is 17.7 Å². The van der Waals surface area contributed by atoms with Gasteiger partial charge in [0, 0.05) is 17.5 Å². The smallest absolute Gasteiger partial charge is 0.161 e. The van der Waals surface area contributed by atoms with E-state index in [1.165, 1.54) is 12.0 Å². The highest BCUT2D eigenvalue weighted by molar-refractivity contribution is 5.61. The zero-order chi connectivity index (χ0) is 17.5. The van der Waals surface area contributed by atoms with E-state index < -0.39 is 5.60 Å². The molecule has 0 amide bonds. The zero-order valence-corrected chi connectivity index (χ0v) is 15.4. The van der Waals surface area contributed by atoms with Crippen LogP contribution in [0.1, 0.15) is 76.5 Å². The van der Waals surface area contributed by atoms with Gasteiger partial charge in [-0.15, -0.1) is 0 Å². The summed E-state index contributed by atoms with van der Waals surface area (Å²) in [6.45, 7) is 10.8. The van der Waals surface area contributed by atoms with Gasteiger partial charge in [-0.25, -0.2) is 0 Å². The molecule has 3 nitrogen and oxygen atoms in total. The minimum absolute atomic E-state index is 0.0432. The predicted octanol–water partition coefficient (Wildman–Crippen LogP) is 4.90. The number of hydrogen-bond acceptors (Lipinski definition) is 3. The highest BCUT2D eigenvalue weighted by atomic mass is 16.5. The lowest BCUT2D eigenvalue weighted by Crippen LogP contribution is -2.47. The molecular formula is C21H28O3. The van der Waals surface area contributed by atoms with Gasteiger partial charge in [0.05, 0.1) is 5.60 Å². The van der Waals surface area contributed by atoms with E-state index in [2.05, 4.69) is 26.8 Å². The molecule has 2 bridgehead atoms. The van der Waals surface area contributed by atoms with E-state index >= 15 is 0 Å². The largest absolute Gasteiger partial charge is 0.504 e. The minimum Gasteiger partial charge on any atom is -0.504 e. The van der Waals surface area contributed by atoms with Gasteiger partial charge >= 0.3 is 0 Å². The molecule has 4 rings (SSSR count). The van der Waals surface area contributed by atoms with Gasteiger partial charge in [-0.3, -0.25) is 0 Å². The summed E-state index contributed by atoms with van der Waals surface area (Å²) in [5.41, 5.74) is 3.35. The molecule has 1 aromatic rings. The van der Waals surface area contributed by atoms with Crippen LogP contribution in [0, 0.1) is 5.41 Å². The fourth-order valence-corrected chi connectivity index (χ4v) is 5.26. The summed E-state index contributed by atoms with van der Waals surface area (Å²) in [5, 5.41) is 21.2. The normalized spacial score (nSPS) is 33.2. The lowest BCUT2D eigenvalue weighted by atomic mass is 9.64. The third kappa shape index (κ3) is 1.88. The first-order valence-electron chi connectivity index (χ1n) is 9.12. The Morgan fingerprint density at radius 1 is 1.08 bits per heavy atom. The summed E-state index contributed by atoms with van der Waals surface area (Å²) in [6.07, 6.45) is 6.25. The highest BCUT2D eigenvalue weighted by Crippen LogP contribution is 2.62. The van der Waals surface area contributed by atoms with E-state index in [1.54, 1.807) is 0 Å². The monoisotopic (exact) mass is 328 g/mol. The van der Waals surface area contributed by atoms with Crippen molar-refractivity contribution in [2.75, 3.05) is 0 Å². The first-order valence-corrected chi connectivity index (χ1v) is 9.12. The van der Waals surface area contributed by atoms with Crippen molar-refractivity contribution in [3.05, 3.63) is 34.4 Å². The summed E-state index contributed by atoms with van der Waals surface area (Å²) >= 11 is 0. The van der Waals surface area contributed by atoms with Gasteiger partial charge in [0.2, 0.25) is 0 Å². The Morgan fingerprint density at radius 3 is 2.46 bits per heavy atom. The van der Waals surface area contributed by atoms with Crippen molar-refractivity contribution >= 4 is 0 Å². The molecule has 1 spiro atoms. The zero-order valence-electron chi connectivity index (χ0n) is 15.4. The van der Waals surface area contributed by atoms with Gasteiger partial charge in [-0.2, -0.15) is 0 Å². The molecule has 1 fully saturated rings. The molecule has 1 aromatic carbocycles. The molecule has 130 valence electrons. The fraction of sp³-hybridized carbons (Fsp3) is 0.619. The van der Waals surface area contributed by atoms with E-state index in [0.717, 1.165) is 29.5 Å². The maximum atomic E-state index is 10.7. The molecule has 0 aromatic heterocycles. The molecule has 0 saturated heterocycles. The molecule has 1 aliphatic carbocycles. The van der Waals surface area contributed by atoms with Crippen LogP contribution in [0.2, 0.25) is 0 Å². The van der Waals surface area contributed by atoms with Crippen molar-refractivity contribution in [3.63, 3.8) is 0 Å². The van der Waals surface area contributed by atoms with Crippen LogP contribution in [0.3, 0.4) is 0 Å². The van der Waals surface area contributed by atoms with Crippen LogP contribution in [0.5, 0.6) is 11.5 Å². The van der Waals surface area contributed by atoms with Crippen molar-refractivity contribution < 1.29 is 14.9 Å². The maximum absolute atomic E-state index is 10.7. The molecule has 0 radical (unpaired) electrons. The quantitative estimate of drug-likeness (QED) is 0.569. The second-order valence-electron chi connectivity index (χ2n) is 9.02. The molecular weight excluding hydrogens is 300 g/mol. The number of rotatable bonds is 1. The van der Waals surface area contributed by atoms with E-state index in [4.69, 9.17) is 4.74 Å². The number of benzene rings is 1. The lowest BCUT2D eigenvalue weighted by molar-refractivity contribution is -0.117. The molecule has 2 heterocycles. The SMILES string of the molecule is CC(C)c1cc2c(c(O)c1O)C[C@@]13CCCC(C)(C)C1=C[C@]2(C)O3. The number of phenols is 2. The Morgan fingerprint density at radius 2 is 1.79 bits per heavy atom. The van der Waals surface area contributed by atoms with Crippen LogP contribution >= 0.6 is 0 Å². The number of ether oxygens (including phenoxy) is 1. The average Bonchev–Trinajstić information content (AvgIpc) is 2.73. The van der Waals surface area contributed by atoms with E-state index in [-0.39, 0.29) is 28.4 Å². The third-order valence-corrected chi connectivity index (χ3v) is 6.46. The predicted molar refractivity (Wildman–Crippen MR) is 94.4 cm³/mol. The molecule has 2 atom stereocenters. The topological polar surface area (TPSA) is 49.7 Å². The number of hydrogen-bond donors (Lipinski definition) is 2. The number of phenolic OH excluding ortho intramolecular Hbond substituents is 2. The van der Waals surface area contributed by atoms with Crippen LogP contribution in [0.25, 0.3) is 0 Å². The van der Waals surface area contributed by atoms with Crippen molar-refractivity contribution in [1.29, 1.82) is 0 Å². The van der Waals surface area contributed by atoms with Gasteiger partial charge in [0.25, 0.3) is 0 Å². The second kappa shape index (κ2) is 4.57. The fourth-order valence-electron chi connectivity index (χ4n) is 5.26. The molecule has 2 N–H and O–H groups in total. The summed E-state index contributed by atoms with van der Waals surface area (Å²) in [5.74, 6) is 0.248. The Labute approximate surface area is 144 Å².